The number of aromatic nitrogens is 5. The molecule has 0 amide bonds. The zero-order chi connectivity index (χ0) is 26.1. The minimum Gasteiger partial charge on any atom is -0.468 e. The summed E-state index contributed by atoms with van der Waals surface area (Å²) in [5.41, 5.74) is 3.21. The van der Waals surface area contributed by atoms with Crippen molar-refractivity contribution < 1.29 is 4.42 Å². The van der Waals surface area contributed by atoms with E-state index in [1.165, 1.54) is 0 Å². The van der Waals surface area contributed by atoms with Gasteiger partial charge in [0.1, 0.15) is 11.8 Å². The van der Waals surface area contributed by atoms with Gasteiger partial charge in [0, 0.05) is 17.1 Å². The van der Waals surface area contributed by atoms with E-state index in [1.54, 1.807) is 6.26 Å². The average molecular weight is 529 g/mol. The van der Waals surface area contributed by atoms with Crippen molar-refractivity contribution in [3.63, 3.8) is 0 Å². The molecule has 0 unspecified atom stereocenters. The van der Waals surface area contributed by atoms with Crippen molar-refractivity contribution in [3.8, 4) is 0 Å². The molecular formula is C29H29ClN6O2. The number of hydrogen-bond donors (Lipinski definition) is 1. The van der Waals surface area contributed by atoms with Crippen LogP contribution in [0.3, 0.4) is 0 Å². The van der Waals surface area contributed by atoms with E-state index in [0.717, 1.165) is 53.5 Å². The number of nitrogens with one attached hydrogen (secondary N) is 1. The predicted molar refractivity (Wildman–Crippen MR) is 146 cm³/mol. The molecule has 3 heterocycles. The lowest BCUT2D eigenvalue weighted by atomic mass is 10.0. The smallest absolute Gasteiger partial charge is 0.253 e. The minimum atomic E-state index is -0.541. The molecule has 1 saturated carbocycles. The van der Waals surface area contributed by atoms with Gasteiger partial charge in [0.15, 0.2) is 5.82 Å². The van der Waals surface area contributed by atoms with E-state index >= 15 is 0 Å². The molecule has 1 fully saturated rings. The highest BCUT2D eigenvalue weighted by molar-refractivity contribution is 6.31. The monoisotopic (exact) mass is 528 g/mol. The van der Waals surface area contributed by atoms with E-state index in [4.69, 9.17) is 16.0 Å². The van der Waals surface area contributed by atoms with Gasteiger partial charge in [0.05, 0.1) is 24.4 Å². The summed E-state index contributed by atoms with van der Waals surface area (Å²) in [6.45, 7) is 2.90. The molecule has 0 saturated heterocycles. The Kier molecular flexibility index (Phi) is 6.82. The summed E-state index contributed by atoms with van der Waals surface area (Å²) in [5, 5.41) is 14.7. The van der Waals surface area contributed by atoms with Crippen molar-refractivity contribution in [3.05, 3.63) is 111 Å². The zero-order valence-corrected chi connectivity index (χ0v) is 21.9. The van der Waals surface area contributed by atoms with Crippen molar-refractivity contribution in [1.29, 1.82) is 0 Å². The highest BCUT2D eigenvalue weighted by atomic mass is 35.5. The fourth-order valence-corrected chi connectivity index (χ4v) is 5.77. The SMILES string of the molecule is Cc1cccc2cc([C@@H](c3nnnn3C3CCCC3)N(Cc3ccco3)Cc3ccccc3Cl)c(=O)[nH]c12. The van der Waals surface area contributed by atoms with E-state index in [0.29, 0.717) is 29.5 Å². The number of hydrogen-bond acceptors (Lipinski definition) is 6. The third-order valence-electron chi connectivity index (χ3n) is 7.48. The Bertz CT molecular complexity index is 1600. The van der Waals surface area contributed by atoms with E-state index in [2.05, 4.69) is 25.4 Å². The molecule has 1 aliphatic rings. The zero-order valence-electron chi connectivity index (χ0n) is 21.2. The van der Waals surface area contributed by atoms with Gasteiger partial charge in [0.25, 0.3) is 5.56 Å². The molecular weight excluding hydrogens is 500 g/mol. The summed E-state index contributed by atoms with van der Waals surface area (Å²) in [5.74, 6) is 1.42. The minimum absolute atomic E-state index is 0.165. The summed E-state index contributed by atoms with van der Waals surface area (Å²) < 4.78 is 7.69. The molecule has 8 nitrogen and oxygen atoms in total. The summed E-state index contributed by atoms with van der Waals surface area (Å²) in [6, 6.07) is 19.2. The van der Waals surface area contributed by atoms with Gasteiger partial charge < -0.3 is 9.40 Å². The van der Waals surface area contributed by atoms with E-state index in [9.17, 15) is 4.79 Å². The van der Waals surface area contributed by atoms with Crippen LogP contribution in [0.1, 0.15) is 66.0 Å². The number of nitrogens with zero attached hydrogens (tertiary/aromatic N) is 5. The second kappa shape index (κ2) is 10.6. The van der Waals surface area contributed by atoms with Gasteiger partial charge in [-0.15, -0.1) is 5.10 Å². The van der Waals surface area contributed by atoms with E-state index in [1.807, 2.05) is 72.3 Å². The maximum atomic E-state index is 13.8. The van der Waals surface area contributed by atoms with Gasteiger partial charge in [-0.25, -0.2) is 4.68 Å². The number of benzene rings is 2. The Morgan fingerprint density at radius 1 is 1.11 bits per heavy atom. The largest absolute Gasteiger partial charge is 0.468 e. The molecule has 1 aliphatic carbocycles. The number of rotatable bonds is 8. The molecule has 38 heavy (non-hydrogen) atoms. The molecule has 1 N–H and O–H groups in total. The fourth-order valence-electron chi connectivity index (χ4n) is 5.58. The summed E-state index contributed by atoms with van der Waals surface area (Å²) >= 11 is 6.62. The van der Waals surface area contributed by atoms with Gasteiger partial charge in [-0.3, -0.25) is 9.69 Å². The Balaban J connectivity index is 1.55. The number of aryl methyl sites for hydroxylation is 1. The van der Waals surface area contributed by atoms with Crippen LogP contribution in [0, 0.1) is 6.92 Å². The van der Waals surface area contributed by atoms with Gasteiger partial charge in [-0.1, -0.05) is 60.8 Å². The third-order valence-corrected chi connectivity index (χ3v) is 7.85. The van der Waals surface area contributed by atoms with Crippen molar-refractivity contribution in [1.82, 2.24) is 30.1 Å². The number of para-hydroxylation sites is 1. The van der Waals surface area contributed by atoms with Crippen LogP contribution in [0.15, 0.2) is 76.1 Å². The van der Waals surface area contributed by atoms with Gasteiger partial charge >= 0.3 is 0 Å². The lowest BCUT2D eigenvalue weighted by Crippen LogP contribution is -2.35. The van der Waals surface area contributed by atoms with E-state index in [-0.39, 0.29) is 11.6 Å². The fraction of sp³-hybridized carbons (Fsp3) is 0.310. The molecule has 1 atom stereocenters. The summed E-state index contributed by atoms with van der Waals surface area (Å²) in [7, 11) is 0. The van der Waals surface area contributed by atoms with Crippen molar-refractivity contribution in [2.45, 2.75) is 57.8 Å². The second-order valence-electron chi connectivity index (χ2n) is 9.99. The molecule has 194 valence electrons. The first-order valence-electron chi connectivity index (χ1n) is 13.0. The number of aromatic amines is 1. The molecule has 9 heteroatoms. The number of furan rings is 1. The van der Waals surface area contributed by atoms with Crippen LogP contribution in [-0.4, -0.2) is 30.1 Å². The molecule has 0 spiro atoms. The second-order valence-corrected chi connectivity index (χ2v) is 10.4. The molecule has 0 aliphatic heterocycles. The van der Waals surface area contributed by atoms with Crippen molar-refractivity contribution in [2.24, 2.45) is 0 Å². The first-order chi connectivity index (χ1) is 18.6. The molecule has 0 bridgehead atoms. The van der Waals surface area contributed by atoms with Crippen LogP contribution in [0.2, 0.25) is 5.02 Å². The maximum absolute atomic E-state index is 13.8. The highest BCUT2D eigenvalue weighted by Gasteiger charge is 2.34. The van der Waals surface area contributed by atoms with Gasteiger partial charge in [0.2, 0.25) is 0 Å². The number of fused-ring (bicyclic) bond motifs is 1. The Hall–Kier alpha value is -3.75. The molecule has 2 aromatic carbocycles. The third kappa shape index (κ3) is 4.77. The Morgan fingerprint density at radius 2 is 1.95 bits per heavy atom. The summed E-state index contributed by atoms with van der Waals surface area (Å²) in [6.07, 6.45) is 5.97. The Morgan fingerprint density at radius 3 is 2.74 bits per heavy atom. The lowest BCUT2D eigenvalue weighted by molar-refractivity contribution is 0.176. The number of H-pyrrole nitrogens is 1. The van der Waals surface area contributed by atoms with Gasteiger partial charge in [-0.2, -0.15) is 0 Å². The first-order valence-corrected chi connectivity index (χ1v) is 13.4. The average Bonchev–Trinajstić information content (AvgIpc) is 3.70. The van der Waals surface area contributed by atoms with Crippen LogP contribution in [0.25, 0.3) is 10.9 Å². The standard InChI is InChI=1S/C29H29ClN6O2/c1-19-8-6-10-20-16-24(29(37)31-26(19)20)27(28-32-33-34-36(28)22-11-3-4-12-22)35(18-23-13-7-15-38-23)17-21-9-2-5-14-25(21)30/h2,5-10,13-16,22,27H,3-4,11-12,17-18H2,1H3,(H,31,37)/t27-/m0/s1. The number of halogens is 1. The van der Waals surface area contributed by atoms with Crippen LogP contribution < -0.4 is 5.56 Å². The quantitative estimate of drug-likeness (QED) is 0.266. The maximum Gasteiger partial charge on any atom is 0.253 e. The highest BCUT2D eigenvalue weighted by Crippen LogP contribution is 2.36. The van der Waals surface area contributed by atoms with Crippen LogP contribution in [0.5, 0.6) is 0 Å². The molecule has 0 radical (unpaired) electrons. The summed E-state index contributed by atoms with van der Waals surface area (Å²) in [4.78, 5) is 19.1. The lowest BCUT2D eigenvalue weighted by Gasteiger charge is -2.31. The molecule has 6 rings (SSSR count). The molecule has 5 aromatic rings. The van der Waals surface area contributed by atoms with Crippen LogP contribution in [0.4, 0.5) is 0 Å². The van der Waals surface area contributed by atoms with Crippen LogP contribution >= 0.6 is 11.6 Å². The normalized spacial score (nSPS) is 15.0. The van der Waals surface area contributed by atoms with Crippen LogP contribution in [-0.2, 0) is 13.1 Å². The topological polar surface area (TPSA) is 92.8 Å². The van der Waals surface area contributed by atoms with Crippen molar-refractivity contribution >= 4 is 22.5 Å². The number of tetrazole rings is 1. The van der Waals surface area contributed by atoms with E-state index < -0.39 is 6.04 Å². The van der Waals surface area contributed by atoms with Gasteiger partial charge in [-0.05, 0) is 71.0 Å². The molecule has 3 aromatic heterocycles. The number of pyridine rings is 1. The Labute approximate surface area is 225 Å². The first kappa shape index (κ1) is 24.6. The van der Waals surface area contributed by atoms with Crippen molar-refractivity contribution in [2.75, 3.05) is 0 Å². The predicted octanol–water partition coefficient (Wildman–Crippen LogP) is 5.98.